The number of nitrogens with zero attached hydrogens (tertiary/aromatic N) is 1. The van der Waals surface area contributed by atoms with Crippen molar-refractivity contribution in [2.45, 2.75) is 38.8 Å². The number of rotatable bonds is 13. The number of ether oxygens (including phenoxy) is 2. The molecule has 1 N–H and O–H groups in total. The van der Waals surface area contributed by atoms with E-state index in [9.17, 15) is 9.59 Å². The predicted octanol–water partition coefficient (Wildman–Crippen LogP) is 4.63. The first-order valence-corrected chi connectivity index (χ1v) is 12.0. The van der Waals surface area contributed by atoms with Crippen molar-refractivity contribution in [2.24, 2.45) is 0 Å². The molecule has 0 aromatic heterocycles. The topological polar surface area (TPSA) is 67.9 Å². The van der Waals surface area contributed by atoms with Gasteiger partial charge in [0.25, 0.3) is 5.91 Å². The van der Waals surface area contributed by atoms with Gasteiger partial charge in [0, 0.05) is 19.5 Å². The van der Waals surface area contributed by atoms with Crippen LogP contribution in [0.15, 0.2) is 84.9 Å². The molecule has 0 saturated carbocycles. The van der Waals surface area contributed by atoms with E-state index in [0.29, 0.717) is 18.7 Å². The molecule has 3 aromatic carbocycles. The van der Waals surface area contributed by atoms with Crippen molar-refractivity contribution in [1.29, 1.82) is 0 Å². The van der Waals surface area contributed by atoms with Gasteiger partial charge in [0.1, 0.15) is 17.5 Å². The third kappa shape index (κ3) is 8.18. The Hall–Kier alpha value is -3.80. The largest absolute Gasteiger partial charge is 0.497 e. The lowest BCUT2D eigenvalue weighted by Gasteiger charge is -2.31. The van der Waals surface area contributed by atoms with E-state index in [1.54, 1.807) is 24.1 Å². The highest BCUT2D eigenvalue weighted by atomic mass is 16.5. The molecule has 35 heavy (non-hydrogen) atoms. The molecule has 184 valence electrons. The summed E-state index contributed by atoms with van der Waals surface area (Å²) in [5.41, 5.74) is 1.89. The highest BCUT2D eigenvalue weighted by Gasteiger charge is 2.30. The second-order valence-electron chi connectivity index (χ2n) is 8.32. The second-order valence-corrected chi connectivity index (χ2v) is 8.32. The molecule has 0 spiro atoms. The zero-order valence-corrected chi connectivity index (χ0v) is 20.5. The fourth-order valence-corrected chi connectivity index (χ4v) is 3.73. The molecule has 0 bridgehead atoms. The van der Waals surface area contributed by atoms with Gasteiger partial charge in [-0.25, -0.2) is 0 Å². The summed E-state index contributed by atoms with van der Waals surface area (Å²) in [6.45, 7) is 2.77. The Morgan fingerprint density at radius 1 is 0.857 bits per heavy atom. The molecule has 6 heteroatoms. The molecular formula is C29H34N2O4. The fourth-order valence-electron chi connectivity index (χ4n) is 3.73. The molecule has 0 aliphatic carbocycles. The average molecular weight is 475 g/mol. The number of carbonyl (C=O) groups is 2. The van der Waals surface area contributed by atoms with Gasteiger partial charge in [-0.1, -0.05) is 74.0 Å². The predicted molar refractivity (Wildman–Crippen MR) is 137 cm³/mol. The molecule has 0 heterocycles. The van der Waals surface area contributed by atoms with E-state index in [4.69, 9.17) is 9.47 Å². The molecule has 0 unspecified atom stereocenters. The standard InChI is InChI=1S/C29H34N2O4/c1-3-4-19-30-29(33)27(20-23-11-7-5-8-12-23)31(21-24-15-17-25(34-2)18-16-24)28(32)22-35-26-13-9-6-10-14-26/h5-18,27H,3-4,19-22H2,1-2H3,(H,30,33)/t27-/m1/s1. The summed E-state index contributed by atoms with van der Waals surface area (Å²) in [6.07, 6.45) is 2.27. The third-order valence-electron chi connectivity index (χ3n) is 5.72. The molecule has 0 fully saturated rings. The van der Waals surface area contributed by atoms with E-state index in [2.05, 4.69) is 12.2 Å². The normalized spacial score (nSPS) is 11.4. The van der Waals surface area contributed by atoms with Crippen molar-refractivity contribution in [2.75, 3.05) is 20.3 Å². The molecule has 1 atom stereocenters. The number of para-hydroxylation sites is 1. The van der Waals surface area contributed by atoms with Gasteiger partial charge >= 0.3 is 0 Å². The van der Waals surface area contributed by atoms with E-state index in [0.717, 1.165) is 29.7 Å². The van der Waals surface area contributed by atoms with Crippen LogP contribution in [0.3, 0.4) is 0 Å². The Labute approximate surface area is 207 Å². The minimum absolute atomic E-state index is 0.159. The second kappa shape index (κ2) is 13.8. The van der Waals surface area contributed by atoms with Crippen LogP contribution >= 0.6 is 0 Å². The minimum Gasteiger partial charge on any atom is -0.497 e. The van der Waals surface area contributed by atoms with Gasteiger partial charge in [0.15, 0.2) is 6.61 Å². The molecule has 6 nitrogen and oxygen atoms in total. The van der Waals surface area contributed by atoms with Crippen molar-refractivity contribution in [3.63, 3.8) is 0 Å². The first kappa shape index (κ1) is 25.8. The zero-order chi connectivity index (χ0) is 24.9. The Balaban J connectivity index is 1.87. The van der Waals surface area contributed by atoms with E-state index in [1.165, 1.54) is 0 Å². The number of carbonyl (C=O) groups excluding carboxylic acids is 2. The van der Waals surface area contributed by atoms with Crippen molar-refractivity contribution < 1.29 is 19.1 Å². The third-order valence-corrected chi connectivity index (χ3v) is 5.72. The Morgan fingerprint density at radius 2 is 1.51 bits per heavy atom. The lowest BCUT2D eigenvalue weighted by Crippen LogP contribution is -2.51. The summed E-state index contributed by atoms with van der Waals surface area (Å²) in [4.78, 5) is 28.5. The van der Waals surface area contributed by atoms with Crippen molar-refractivity contribution in [3.8, 4) is 11.5 Å². The van der Waals surface area contributed by atoms with Crippen LogP contribution in [-0.4, -0.2) is 43.0 Å². The summed E-state index contributed by atoms with van der Waals surface area (Å²) in [6, 6.07) is 25.8. The SMILES string of the molecule is CCCCNC(=O)[C@@H](Cc1ccccc1)N(Cc1ccc(OC)cc1)C(=O)COc1ccccc1. The molecule has 0 aliphatic rings. The van der Waals surface area contributed by atoms with Crippen LogP contribution in [0.4, 0.5) is 0 Å². The monoisotopic (exact) mass is 474 g/mol. The maximum atomic E-state index is 13.5. The molecule has 0 radical (unpaired) electrons. The summed E-state index contributed by atoms with van der Waals surface area (Å²) in [7, 11) is 1.61. The van der Waals surface area contributed by atoms with Crippen LogP contribution < -0.4 is 14.8 Å². The number of methoxy groups -OCH3 is 1. The summed E-state index contributed by atoms with van der Waals surface area (Å²) in [5.74, 6) is 0.926. The average Bonchev–Trinajstić information content (AvgIpc) is 2.91. The van der Waals surface area contributed by atoms with E-state index in [-0.39, 0.29) is 25.0 Å². The zero-order valence-electron chi connectivity index (χ0n) is 20.5. The lowest BCUT2D eigenvalue weighted by atomic mass is 10.0. The van der Waals surface area contributed by atoms with Gasteiger partial charge in [-0.2, -0.15) is 0 Å². The van der Waals surface area contributed by atoms with Crippen LogP contribution in [0, 0.1) is 0 Å². The van der Waals surface area contributed by atoms with E-state index < -0.39 is 6.04 Å². The maximum absolute atomic E-state index is 13.5. The minimum atomic E-state index is -0.678. The van der Waals surface area contributed by atoms with Crippen molar-refractivity contribution in [3.05, 3.63) is 96.1 Å². The maximum Gasteiger partial charge on any atom is 0.261 e. The quantitative estimate of drug-likeness (QED) is 0.367. The Morgan fingerprint density at radius 3 is 2.14 bits per heavy atom. The molecule has 3 rings (SSSR count). The van der Waals surface area contributed by atoms with Crippen LogP contribution in [0.1, 0.15) is 30.9 Å². The summed E-state index contributed by atoms with van der Waals surface area (Å²) in [5, 5.41) is 3.02. The smallest absolute Gasteiger partial charge is 0.261 e. The highest BCUT2D eigenvalue weighted by molar-refractivity contribution is 5.88. The molecular weight excluding hydrogens is 440 g/mol. The van der Waals surface area contributed by atoms with Gasteiger partial charge < -0.3 is 19.7 Å². The van der Waals surface area contributed by atoms with Crippen LogP contribution in [0.2, 0.25) is 0 Å². The van der Waals surface area contributed by atoms with Crippen molar-refractivity contribution >= 4 is 11.8 Å². The first-order chi connectivity index (χ1) is 17.1. The number of hydrogen-bond donors (Lipinski definition) is 1. The molecule has 0 aliphatic heterocycles. The molecule has 2 amide bonds. The van der Waals surface area contributed by atoms with Crippen LogP contribution in [0.25, 0.3) is 0 Å². The summed E-state index contributed by atoms with van der Waals surface area (Å²) < 4.78 is 11.0. The number of nitrogens with one attached hydrogen (secondary N) is 1. The fraction of sp³-hybridized carbons (Fsp3) is 0.310. The number of benzene rings is 3. The van der Waals surface area contributed by atoms with Gasteiger partial charge in [-0.3, -0.25) is 9.59 Å². The lowest BCUT2D eigenvalue weighted by molar-refractivity contribution is -0.142. The summed E-state index contributed by atoms with van der Waals surface area (Å²) >= 11 is 0. The van der Waals surface area contributed by atoms with Crippen LogP contribution in [-0.2, 0) is 22.6 Å². The van der Waals surface area contributed by atoms with Gasteiger partial charge in [0.05, 0.1) is 7.11 Å². The highest BCUT2D eigenvalue weighted by Crippen LogP contribution is 2.18. The molecule has 3 aromatic rings. The van der Waals surface area contributed by atoms with Gasteiger partial charge in [0.2, 0.25) is 5.91 Å². The number of unbranched alkanes of at least 4 members (excludes halogenated alkanes) is 1. The number of amides is 2. The first-order valence-electron chi connectivity index (χ1n) is 12.0. The van der Waals surface area contributed by atoms with Crippen molar-refractivity contribution in [1.82, 2.24) is 10.2 Å². The Bertz CT molecular complexity index is 1040. The van der Waals surface area contributed by atoms with E-state index in [1.807, 2.05) is 72.8 Å². The number of hydrogen-bond acceptors (Lipinski definition) is 4. The van der Waals surface area contributed by atoms with Gasteiger partial charge in [-0.05, 0) is 41.8 Å². The molecule has 0 saturated heterocycles. The van der Waals surface area contributed by atoms with Gasteiger partial charge in [-0.15, -0.1) is 0 Å². The van der Waals surface area contributed by atoms with E-state index >= 15 is 0 Å². The Kier molecular flexibility index (Phi) is 10.2. The van der Waals surface area contributed by atoms with Crippen LogP contribution in [0.5, 0.6) is 11.5 Å².